The molecule has 1 N–H and O–H groups in total. The van der Waals surface area contributed by atoms with Gasteiger partial charge in [-0.05, 0) is 19.1 Å². The molecule has 9 heteroatoms. The minimum Gasteiger partial charge on any atom is -0.497 e. The minimum atomic E-state index is -0.715. The standard InChI is InChI=1S/C16H18ClN3O5/c1-9-14(15(17)20(2)19-9)16(22)25-8-13(21)18-11-6-5-10(23-3)7-12(11)24-4/h5-7H,8H2,1-4H3,(H,18,21). The molecule has 0 atom stereocenters. The second-order valence-corrected chi connectivity index (χ2v) is 5.42. The number of nitrogens with one attached hydrogen (secondary N) is 1. The van der Waals surface area contributed by atoms with Crippen LogP contribution in [0.2, 0.25) is 5.15 Å². The average Bonchev–Trinajstić information content (AvgIpc) is 2.85. The smallest absolute Gasteiger partial charge is 0.343 e. The summed E-state index contributed by atoms with van der Waals surface area (Å²) in [6.07, 6.45) is 0. The molecular weight excluding hydrogens is 350 g/mol. The van der Waals surface area contributed by atoms with E-state index in [1.807, 2.05) is 0 Å². The number of benzene rings is 1. The van der Waals surface area contributed by atoms with E-state index >= 15 is 0 Å². The fraction of sp³-hybridized carbons (Fsp3) is 0.312. The number of hydrogen-bond acceptors (Lipinski definition) is 6. The van der Waals surface area contributed by atoms with Crippen molar-refractivity contribution < 1.29 is 23.8 Å². The van der Waals surface area contributed by atoms with Crippen molar-refractivity contribution in [2.24, 2.45) is 7.05 Å². The Labute approximate surface area is 149 Å². The topological polar surface area (TPSA) is 91.7 Å². The van der Waals surface area contributed by atoms with E-state index in [0.29, 0.717) is 22.9 Å². The Morgan fingerprint density at radius 1 is 1.28 bits per heavy atom. The number of esters is 1. The van der Waals surface area contributed by atoms with Crippen LogP contribution in [-0.2, 0) is 16.6 Å². The van der Waals surface area contributed by atoms with Crippen LogP contribution in [0, 0.1) is 6.92 Å². The molecule has 1 amide bonds. The van der Waals surface area contributed by atoms with Crippen LogP contribution in [0.25, 0.3) is 0 Å². The van der Waals surface area contributed by atoms with Crippen molar-refractivity contribution in [3.8, 4) is 11.5 Å². The third-order valence-corrected chi connectivity index (χ3v) is 3.81. The third-order valence-electron chi connectivity index (χ3n) is 3.37. The van der Waals surface area contributed by atoms with Crippen molar-refractivity contribution in [1.82, 2.24) is 9.78 Å². The molecule has 0 aliphatic rings. The molecule has 0 spiro atoms. The lowest BCUT2D eigenvalue weighted by molar-refractivity contribution is -0.119. The number of aryl methyl sites for hydroxylation is 2. The van der Waals surface area contributed by atoms with E-state index in [9.17, 15) is 9.59 Å². The first-order valence-electron chi connectivity index (χ1n) is 7.25. The molecule has 1 aromatic carbocycles. The first-order chi connectivity index (χ1) is 11.9. The number of rotatable bonds is 6. The van der Waals surface area contributed by atoms with E-state index in [1.165, 1.54) is 18.9 Å². The lowest BCUT2D eigenvalue weighted by Gasteiger charge is -2.11. The molecule has 0 bridgehead atoms. The Balaban J connectivity index is 2.00. The van der Waals surface area contributed by atoms with Gasteiger partial charge in [-0.1, -0.05) is 11.6 Å². The zero-order valence-electron chi connectivity index (χ0n) is 14.3. The van der Waals surface area contributed by atoms with E-state index in [-0.39, 0.29) is 10.7 Å². The van der Waals surface area contributed by atoms with Gasteiger partial charge < -0.3 is 19.5 Å². The van der Waals surface area contributed by atoms with Crippen molar-refractivity contribution in [2.75, 3.05) is 26.1 Å². The van der Waals surface area contributed by atoms with Crippen LogP contribution >= 0.6 is 11.6 Å². The number of ether oxygens (including phenoxy) is 3. The molecule has 0 saturated carbocycles. The minimum absolute atomic E-state index is 0.138. The summed E-state index contributed by atoms with van der Waals surface area (Å²) in [7, 11) is 4.60. The number of halogens is 1. The van der Waals surface area contributed by atoms with Crippen LogP contribution in [0.5, 0.6) is 11.5 Å². The van der Waals surface area contributed by atoms with E-state index in [1.54, 1.807) is 32.2 Å². The number of methoxy groups -OCH3 is 2. The van der Waals surface area contributed by atoms with Crippen LogP contribution in [-0.4, -0.2) is 42.5 Å². The second-order valence-electron chi connectivity index (χ2n) is 5.07. The zero-order chi connectivity index (χ0) is 18.6. The van der Waals surface area contributed by atoms with E-state index in [2.05, 4.69) is 10.4 Å². The first-order valence-corrected chi connectivity index (χ1v) is 7.63. The van der Waals surface area contributed by atoms with E-state index < -0.39 is 18.5 Å². The van der Waals surface area contributed by atoms with Crippen molar-refractivity contribution in [3.63, 3.8) is 0 Å². The molecule has 25 heavy (non-hydrogen) atoms. The highest BCUT2D eigenvalue weighted by Crippen LogP contribution is 2.29. The summed E-state index contributed by atoms with van der Waals surface area (Å²) in [6, 6.07) is 4.92. The summed E-state index contributed by atoms with van der Waals surface area (Å²) in [5.41, 5.74) is 0.994. The maximum absolute atomic E-state index is 12.1. The van der Waals surface area contributed by atoms with Gasteiger partial charge in [0.2, 0.25) is 0 Å². The highest BCUT2D eigenvalue weighted by Gasteiger charge is 2.21. The number of amides is 1. The van der Waals surface area contributed by atoms with Crippen LogP contribution in [0.15, 0.2) is 18.2 Å². The van der Waals surface area contributed by atoms with Gasteiger partial charge in [0, 0.05) is 13.1 Å². The van der Waals surface area contributed by atoms with Crippen molar-refractivity contribution in [3.05, 3.63) is 34.6 Å². The van der Waals surface area contributed by atoms with Crippen LogP contribution < -0.4 is 14.8 Å². The summed E-state index contributed by atoms with van der Waals surface area (Å²) in [5, 5.41) is 6.78. The number of carbonyl (C=O) groups is 2. The van der Waals surface area contributed by atoms with Crippen molar-refractivity contribution in [1.29, 1.82) is 0 Å². The molecule has 0 unspecified atom stereocenters. The largest absolute Gasteiger partial charge is 0.497 e. The lowest BCUT2D eigenvalue weighted by Crippen LogP contribution is -2.21. The molecule has 1 aromatic heterocycles. The molecule has 1 heterocycles. The Hall–Kier alpha value is -2.74. The molecule has 0 saturated heterocycles. The zero-order valence-corrected chi connectivity index (χ0v) is 15.0. The number of aromatic nitrogens is 2. The second kappa shape index (κ2) is 7.89. The van der Waals surface area contributed by atoms with Crippen molar-refractivity contribution in [2.45, 2.75) is 6.92 Å². The molecule has 134 valence electrons. The van der Waals surface area contributed by atoms with Gasteiger partial charge >= 0.3 is 5.97 Å². The molecular formula is C16H18ClN3O5. The maximum Gasteiger partial charge on any atom is 0.343 e. The maximum atomic E-state index is 12.1. The summed E-state index contributed by atoms with van der Waals surface area (Å²) in [4.78, 5) is 24.1. The highest BCUT2D eigenvalue weighted by atomic mass is 35.5. The predicted molar refractivity (Wildman–Crippen MR) is 91.4 cm³/mol. The van der Waals surface area contributed by atoms with Gasteiger partial charge in [-0.25, -0.2) is 4.79 Å². The summed E-state index contributed by atoms with van der Waals surface area (Å²) in [5.74, 6) is -0.227. The summed E-state index contributed by atoms with van der Waals surface area (Å²) >= 11 is 5.99. The Bertz CT molecular complexity index is 803. The average molecular weight is 368 g/mol. The van der Waals surface area contributed by atoms with Crippen LogP contribution in [0.4, 0.5) is 5.69 Å². The monoisotopic (exact) mass is 367 g/mol. The van der Waals surface area contributed by atoms with Gasteiger partial charge in [0.15, 0.2) is 6.61 Å². The fourth-order valence-corrected chi connectivity index (χ4v) is 2.40. The Kier molecular flexibility index (Phi) is 5.87. The van der Waals surface area contributed by atoms with Crippen LogP contribution in [0.1, 0.15) is 16.1 Å². The summed E-state index contributed by atoms with van der Waals surface area (Å²) in [6.45, 7) is 1.16. The van der Waals surface area contributed by atoms with Crippen LogP contribution in [0.3, 0.4) is 0 Å². The van der Waals surface area contributed by atoms with Gasteiger partial charge in [0.05, 0.1) is 25.6 Å². The molecule has 0 aliphatic heterocycles. The molecule has 2 rings (SSSR count). The third kappa shape index (κ3) is 4.21. The van der Waals surface area contributed by atoms with E-state index in [4.69, 9.17) is 25.8 Å². The molecule has 0 fully saturated rings. The van der Waals surface area contributed by atoms with Crippen molar-refractivity contribution >= 4 is 29.2 Å². The Morgan fingerprint density at radius 2 is 2.00 bits per heavy atom. The highest BCUT2D eigenvalue weighted by molar-refractivity contribution is 6.32. The number of hydrogen-bond donors (Lipinski definition) is 1. The number of nitrogens with zero attached hydrogens (tertiary/aromatic N) is 2. The lowest BCUT2D eigenvalue weighted by atomic mass is 10.2. The quantitative estimate of drug-likeness (QED) is 0.787. The number of anilines is 1. The first kappa shape index (κ1) is 18.6. The van der Waals surface area contributed by atoms with E-state index in [0.717, 1.165) is 0 Å². The molecule has 2 aromatic rings. The fourth-order valence-electron chi connectivity index (χ4n) is 2.15. The van der Waals surface area contributed by atoms with Gasteiger partial charge in [-0.15, -0.1) is 0 Å². The molecule has 8 nitrogen and oxygen atoms in total. The number of carbonyl (C=O) groups excluding carboxylic acids is 2. The predicted octanol–water partition coefficient (Wildman–Crippen LogP) is 2.19. The SMILES string of the molecule is COc1ccc(NC(=O)COC(=O)c2c(C)nn(C)c2Cl)c(OC)c1. The Morgan fingerprint density at radius 3 is 2.56 bits per heavy atom. The van der Waals surface area contributed by atoms with Gasteiger partial charge in [0.1, 0.15) is 22.2 Å². The molecule has 0 aliphatic carbocycles. The van der Waals surface area contributed by atoms with Gasteiger partial charge in [-0.3, -0.25) is 9.48 Å². The summed E-state index contributed by atoms with van der Waals surface area (Å²) < 4.78 is 16.6. The molecule has 0 radical (unpaired) electrons. The van der Waals surface area contributed by atoms with Gasteiger partial charge in [-0.2, -0.15) is 5.10 Å². The van der Waals surface area contributed by atoms with Gasteiger partial charge in [0.25, 0.3) is 5.91 Å². The normalized spacial score (nSPS) is 10.3.